The Labute approximate surface area is 102 Å². The first kappa shape index (κ1) is 11.9. The van der Waals surface area contributed by atoms with E-state index in [-0.39, 0.29) is 6.61 Å². The molecule has 0 aliphatic heterocycles. The van der Waals surface area contributed by atoms with Crippen molar-refractivity contribution in [3.8, 4) is 15.6 Å². The van der Waals surface area contributed by atoms with Crippen molar-refractivity contribution in [3.05, 3.63) is 29.8 Å². The molecule has 0 aliphatic carbocycles. The average molecular weight is 316 g/mol. The minimum absolute atomic E-state index is 0.0970. The maximum atomic E-state index is 11.5. The van der Waals surface area contributed by atoms with Crippen LogP contribution in [0.2, 0.25) is 0 Å². The van der Waals surface area contributed by atoms with E-state index in [2.05, 4.69) is 9.85 Å². The summed E-state index contributed by atoms with van der Waals surface area (Å²) in [5.74, 6) is 2.72. The lowest BCUT2D eigenvalue weighted by Crippen LogP contribution is -2.07. The minimum atomic E-state index is -0.424. The number of carbonyl (C=O) groups excluding carboxylic acids is 1. The van der Waals surface area contributed by atoms with Crippen LogP contribution in [-0.2, 0) is 4.74 Å². The van der Waals surface area contributed by atoms with Crippen LogP contribution in [0.3, 0.4) is 0 Å². The minimum Gasteiger partial charge on any atom is -0.496 e. The van der Waals surface area contributed by atoms with Crippen LogP contribution in [0, 0.1) is 9.85 Å². The van der Waals surface area contributed by atoms with E-state index in [0.29, 0.717) is 11.3 Å². The molecular formula is C11H9IO3. The lowest BCUT2D eigenvalue weighted by atomic mass is 10.2. The van der Waals surface area contributed by atoms with Crippen molar-refractivity contribution in [3.63, 3.8) is 0 Å². The second-order valence-corrected chi connectivity index (χ2v) is 3.09. The van der Waals surface area contributed by atoms with E-state index in [0.717, 1.165) is 0 Å². The predicted molar refractivity (Wildman–Crippen MR) is 65.1 cm³/mol. The van der Waals surface area contributed by atoms with E-state index < -0.39 is 5.97 Å². The number of carbonyl (C=O) groups is 1. The molecule has 1 aromatic rings. The molecule has 0 amide bonds. The van der Waals surface area contributed by atoms with Gasteiger partial charge in [0, 0.05) is 22.6 Å². The maximum Gasteiger partial charge on any atom is 0.342 e. The molecule has 0 bridgehead atoms. The highest BCUT2D eigenvalue weighted by molar-refractivity contribution is 14.1. The van der Waals surface area contributed by atoms with Crippen LogP contribution in [0.4, 0.5) is 0 Å². The van der Waals surface area contributed by atoms with Gasteiger partial charge in [0.1, 0.15) is 11.3 Å². The molecular weight excluding hydrogens is 307 g/mol. The number of ether oxygens (including phenoxy) is 2. The van der Waals surface area contributed by atoms with Crippen LogP contribution in [0.5, 0.6) is 5.75 Å². The van der Waals surface area contributed by atoms with Gasteiger partial charge in [0.15, 0.2) is 6.61 Å². The molecule has 15 heavy (non-hydrogen) atoms. The van der Waals surface area contributed by atoms with Crippen molar-refractivity contribution < 1.29 is 14.3 Å². The molecule has 78 valence electrons. The summed E-state index contributed by atoms with van der Waals surface area (Å²) < 4.78 is 12.6. The van der Waals surface area contributed by atoms with Crippen LogP contribution < -0.4 is 4.74 Å². The molecule has 0 atom stereocenters. The lowest BCUT2D eigenvalue weighted by Gasteiger charge is -2.06. The van der Waals surface area contributed by atoms with Gasteiger partial charge in [0.25, 0.3) is 0 Å². The Kier molecular flexibility index (Phi) is 4.98. The van der Waals surface area contributed by atoms with Crippen molar-refractivity contribution in [2.24, 2.45) is 0 Å². The second-order valence-electron chi connectivity index (χ2n) is 2.55. The fraction of sp³-hybridized carbons (Fsp3) is 0.182. The van der Waals surface area contributed by atoms with Gasteiger partial charge in [-0.1, -0.05) is 18.1 Å². The van der Waals surface area contributed by atoms with Gasteiger partial charge in [0.05, 0.1) is 7.11 Å². The molecule has 0 N–H and O–H groups in total. The normalized spacial score (nSPS) is 8.67. The van der Waals surface area contributed by atoms with Gasteiger partial charge in [-0.05, 0) is 16.1 Å². The Bertz CT molecular complexity index is 404. The lowest BCUT2D eigenvalue weighted by molar-refractivity contribution is 0.0553. The van der Waals surface area contributed by atoms with Gasteiger partial charge < -0.3 is 9.47 Å². The first-order chi connectivity index (χ1) is 7.29. The summed E-state index contributed by atoms with van der Waals surface area (Å²) in [5.41, 5.74) is 0.412. The molecule has 3 nitrogen and oxygen atoms in total. The van der Waals surface area contributed by atoms with E-state index in [4.69, 9.17) is 9.47 Å². The quantitative estimate of drug-likeness (QED) is 0.487. The molecule has 0 spiro atoms. The van der Waals surface area contributed by atoms with Crippen LogP contribution in [0.1, 0.15) is 10.4 Å². The summed E-state index contributed by atoms with van der Waals surface area (Å²) in [6.07, 6.45) is 0. The van der Waals surface area contributed by atoms with Gasteiger partial charge in [-0.25, -0.2) is 4.79 Å². The predicted octanol–water partition coefficient (Wildman–Crippen LogP) is 2.25. The molecule has 0 aliphatic rings. The zero-order valence-corrected chi connectivity index (χ0v) is 10.3. The summed E-state index contributed by atoms with van der Waals surface area (Å²) in [5, 5.41) is 0. The Morgan fingerprint density at radius 2 is 2.20 bits per heavy atom. The summed E-state index contributed by atoms with van der Waals surface area (Å²) in [4.78, 5) is 11.5. The van der Waals surface area contributed by atoms with Gasteiger partial charge in [-0.3, -0.25) is 0 Å². The molecule has 1 rings (SSSR count). The number of halogens is 1. The molecule has 0 aromatic heterocycles. The fourth-order valence-electron chi connectivity index (χ4n) is 1.02. The van der Waals surface area contributed by atoms with Crippen molar-refractivity contribution in [1.29, 1.82) is 0 Å². The zero-order chi connectivity index (χ0) is 11.1. The summed E-state index contributed by atoms with van der Waals surface area (Å²) in [6.45, 7) is 0.0970. The molecule has 0 fully saturated rings. The van der Waals surface area contributed by atoms with E-state index in [1.807, 2.05) is 22.6 Å². The summed E-state index contributed by atoms with van der Waals surface area (Å²) in [6, 6.07) is 6.91. The van der Waals surface area contributed by atoms with E-state index in [1.165, 1.54) is 7.11 Å². The zero-order valence-electron chi connectivity index (χ0n) is 8.12. The third-order valence-electron chi connectivity index (χ3n) is 1.67. The highest BCUT2D eigenvalue weighted by atomic mass is 127. The molecule has 0 radical (unpaired) electrons. The molecule has 0 heterocycles. The second kappa shape index (κ2) is 6.30. The third kappa shape index (κ3) is 3.44. The number of rotatable bonds is 3. The topological polar surface area (TPSA) is 35.5 Å². The highest BCUT2D eigenvalue weighted by Crippen LogP contribution is 2.17. The van der Waals surface area contributed by atoms with Gasteiger partial charge in [-0.2, -0.15) is 0 Å². The van der Waals surface area contributed by atoms with Crippen LogP contribution in [0.25, 0.3) is 0 Å². The summed E-state index contributed by atoms with van der Waals surface area (Å²) in [7, 11) is 1.51. The van der Waals surface area contributed by atoms with Crippen LogP contribution in [-0.4, -0.2) is 19.7 Å². The van der Waals surface area contributed by atoms with Crippen molar-refractivity contribution in [2.75, 3.05) is 13.7 Å². The SMILES string of the molecule is COc1ccccc1C(=O)OCC#CI. The number of methoxy groups -OCH3 is 1. The first-order valence-corrected chi connectivity index (χ1v) is 5.26. The molecule has 0 unspecified atom stereocenters. The Hall–Kier alpha value is -1.22. The number of benzene rings is 1. The molecule has 0 saturated heterocycles. The van der Waals surface area contributed by atoms with E-state index in [9.17, 15) is 4.79 Å². The highest BCUT2D eigenvalue weighted by Gasteiger charge is 2.11. The maximum absolute atomic E-state index is 11.5. The van der Waals surface area contributed by atoms with E-state index in [1.54, 1.807) is 24.3 Å². The number of hydrogen-bond donors (Lipinski definition) is 0. The van der Waals surface area contributed by atoms with Crippen molar-refractivity contribution >= 4 is 28.6 Å². The smallest absolute Gasteiger partial charge is 0.342 e. The fourth-order valence-corrected chi connectivity index (χ4v) is 1.18. The van der Waals surface area contributed by atoms with Crippen molar-refractivity contribution in [2.45, 2.75) is 0 Å². The van der Waals surface area contributed by atoms with Crippen LogP contribution >= 0.6 is 22.6 Å². The molecule has 1 aromatic carbocycles. The number of para-hydroxylation sites is 1. The van der Waals surface area contributed by atoms with Gasteiger partial charge in [-0.15, -0.1) is 0 Å². The standard InChI is InChI=1S/C11H9IO3/c1-14-10-6-3-2-5-9(10)11(13)15-8-4-7-12/h2-3,5-6H,8H2,1H3. The van der Waals surface area contributed by atoms with Gasteiger partial charge in [0.2, 0.25) is 0 Å². The molecule has 0 saturated carbocycles. The van der Waals surface area contributed by atoms with Gasteiger partial charge >= 0.3 is 5.97 Å². The number of esters is 1. The first-order valence-electron chi connectivity index (χ1n) is 4.18. The average Bonchev–Trinajstić information content (AvgIpc) is 2.29. The van der Waals surface area contributed by atoms with Crippen molar-refractivity contribution in [1.82, 2.24) is 0 Å². The summed E-state index contributed by atoms with van der Waals surface area (Å²) >= 11 is 1.89. The Morgan fingerprint density at radius 3 is 2.87 bits per heavy atom. The Balaban J connectivity index is 2.75. The molecule has 4 heteroatoms. The largest absolute Gasteiger partial charge is 0.496 e. The van der Waals surface area contributed by atoms with Crippen LogP contribution in [0.15, 0.2) is 24.3 Å². The van der Waals surface area contributed by atoms with E-state index >= 15 is 0 Å². The monoisotopic (exact) mass is 316 g/mol. The third-order valence-corrected chi connectivity index (χ3v) is 2.05. The Morgan fingerprint density at radius 1 is 1.47 bits per heavy atom. The number of hydrogen-bond acceptors (Lipinski definition) is 3.